The molecule has 1 aromatic carbocycles. The Bertz CT molecular complexity index is 418. The minimum absolute atomic E-state index is 0.258. The molecule has 1 saturated heterocycles. The van der Waals surface area contributed by atoms with Crippen molar-refractivity contribution < 1.29 is 14.2 Å². The van der Waals surface area contributed by atoms with Gasteiger partial charge in [0.15, 0.2) is 0 Å². The van der Waals surface area contributed by atoms with Crippen molar-refractivity contribution in [3.05, 3.63) is 29.8 Å². The van der Waals surface area contributed by atoms with E-state index < -0.39 is 0 Å². The monoisotopic (exact) mass is 275 g/mol. The van der Waals surface area contributed by atoms with Gasteiger partial charge in [-0.25, -0.2) is 0 Å². The van der Waals surface area contributed by atoms with Gasteiger partial charge in [-0.1, -0.05) is 12.1 Å². The van der Waals surface area contributed by atoms with Crippen molar-refractivity contribution in [1.29, 1.82) is 5.26 Å². The molecule has 0 saturated carbocycles. The number of hydrogen-bond donors (Lipinski definition) is 0. The Morgan fingerprint density at radius 3 is 2.75 bits per heavy atom. The highest BCUT2D eigenvalue weighted by atomic mass is 16.5. The Labute approximate surface area is 120 Å². The first kappa shape index (κ1) is 14.8. The van der Waals surface area contributed by atoms with Crippen LogP contribution in [0.5, 0.6) is 5.75 Å². The molecule has 0 bridgehead atoms. The maximum absolute atomic E-state index is 8.59. The first-order valence-electron chi connectivity index (χ1n) is 7.16. The molecule has 0 aromatic heterocycles. The zero-order valence-corrected chi connectivity index (χ0v) is 11.7. The van der Waals surface area contributed by atoms with E-state index in [1.165, 1.54) is 12.8 Å². The quantitative estimate of drug-likeness (QED) is 0.718. The van der Waals surface area contributed by atoms with Crippen LogP contribution in [0.1, 0.15) is 24.8 Å². The fourth-order valence-corrected chi connectivity index (χ4v) is 2.17. The fraction of sp³-hybridized carbons (Fsp3) is 0.562. The van der Waals surface area contributed by atoms with Gasteiger partial charge in [-0.15, -0.1) is 0 Å². The molecule has 0 N–H and O–H groups in total. The Kier molecular flexibility index (Phi) is 6.36. The number of hydrogen-bond acceptors (Lipinski definition) is 4. The molecule has 1 aliphatic rings. The average molecular weight is 275 g/mol. The van der Waals surface area contributed by atoms with Gasteiger partial charge in [0.2, 0.25) is 0 Å². The number of rotatable bonds is 7. The first-order chi connectivity index (χ1) is 9.88. The lowest BCUT2D eigenvalue weighted by molar-refractivity contribution is -0.0444. The van der Waals surface area contributed by atoms with Crippen molar-refractivity contribution in [3.8, 4) is 11.8 Å². The van der Waals surface area contributed by atoms with E-state index in [2.05, 4.69) is 6.07 Å². The van der Waals surface area contributed by atoms with Gasteiger partial charge in [-0.05, 0) is 37.0 Å². The summed E-state index contributed by atoms with van der Waals surface area (Å²) in [4.78, 5) is 0. The average Bonchev–Trinajstić information content (AvgIpc) is 2.50. The Morgan fingerprint density at radius 2 is 2.05 bits per heavy atom. The molecular formula is C16H21NO3. The van der Waals surface area contributed by atoms with Crippen LogP contribution in [0, 0.1) is 11.3 Å². The topological polar surface area (TPSA) is 51.5 Å². The molecule has 1 aliphatic heterocycles. The molecule has 1 aromatic rings. The standard InChI is InChI=1S/C16H21NO3/c17-9-8-14-4-6-15(7-5-14)20-12-11-18-13-16-3-1-2-10-19-16/h4-7,16H,1-3,8,10-13H2. The molecule has 1 heterocycles. The maximum atomic E-state index is 8.59. The SMILES string of the molecule is N#CCc1ccc(OCCOCC2CCCCO2)cc1. The summed E-state index contributed by atoms with van der Waals surface area (Å²) >= 11 is 0. The Balaban J connectivity index is 1.57. The van der Waals surface area contributed by atoms with Gasteiger partial charge in [0.25, 0.3) is 0 Å². The molecule has 108 valence electrons. The summed E-state index contributed by atoms with van der Waals surface area (Å²) in [5.41, 5.74) is 1.01. The van der Waals surface area contributed by atoms with Gasteiger partial charge in [-0.3, -0.25) is 0 Å². The molecular weight excluding hydrogens is 254 g/mol. The van der Waals surface area contributed by atoms with Crippen LogP contribution in [-0.2, 0) is 15.9 Å². The molecule has 0 spiro atoms. The molecule has 2 rings (SSSR count). The van der Waals surface area contributed by atoms with Crippen molar-refractivity contribution >= 4 is 0 Å². The summed E-state index contributed by atoms with van der Waals surface area (Å²) in [6, 6.07) is 9.72. The summed E-state index contributed by atoms with van der Waals surface area (Å²) in [7, 11) is 0. The van der Waals surface area contributed by atoms with Crippen LogP contribution in [0.25, 0.3) is 0 Å². The highest BCUT2D eigenvalue weighted by Crippen LogP contribution is 2.14. The molecule has 0 amide bonds. The highest BCUT2D eigenvalue weighted by molar-refractivity contribution is 5.28. The molecule has 1 fully saturated rings. The van der Waals surface area contributed by atoms with Crippen molar-refractivity contribution in [2.75, 3.05) is 26.4 Å². The van der Waals surface area contributed by atoms with Gasteiger partial charge in [0.1, 0.15) is 12.4 Å². The lowest BCUT2D eigenvalue weighted by Gasteiger charge is -2.22. The molecule has 1 atom stereocenters. The molecule has 0 aliphatic carbocycles. The Hall–Kier alpha value is -1.57. The van der Waals surface area contributed by atoms with E-state index in [-0.39, 0.29) is 6.10 Å². The first-order valence-corrected chi connectivity index (χ1v) is 7.16. The van der Waals surface area contributed by atoms with E-state index in [0.29, 0.717) is 26.2 Å². The predicted molar refractivity (Wildman–Crippen MR) is 75.7 cm³/mol. The molecule has 0 radical (unpaired) electrons. The van der Waals surface area contributed by atoms with Crippen molar-refractivity contribution in [3.63, 3.8) is 0 Å². The van der Waals surface area contributed by atoms with Gasteiger partial charge in [0.05, 0.1) is 31.8 Å². The lowest BCUT2D eigenvalue weighted by Crippen LogP contribution is -2.25. The number of ether oxygens (including phenoxy) is 3. The highest BCUT2D eigenvalue weighted by Gasteiger charge is 2.13. The fourth-order valence-electron chi connectivity index (χ4n) is 2.17. The third-order valence-electron chi connectivity index (χ3n) is 3.28. The molecule has 4 heteroatoms. The van der Waals surface area contributed by atoms with Crippen LogP contribution in [0.3, 0.4) is 0 Å². The predicted octanol–water partition coefficient (Wildman–Crippen LogP) is 2.72. The maximum Gasteiger partial charge on any atom is 0.119 e. The third-order valence-corrected chi connectivity index (χ3v) is 3.28. The van der Waals surface area contributed by atoms with Crippen LogP contribution in [-0.4, -0.2) is 32.5 Å². The number of nitriles is 1. The number of nitrogens with zero attached hydrogens (tertiary/aromatic N) is 1. The van der Waals surface area contributed by atoms with E-state index >= 15 is 0 Å². The molecule has 20 heavy (non-hydrogen) atoms. The molecule has 1 unspecified atom stereocenters. The summed E-state index contributed by atoms with van der Waals surface area (Å²) in [6.45, 7) is 2.62. The van der Waals surface area contributed by atoms with Crippen molar-refractivity contribution in [2.45, 2.75) is 31.8 Å². The van der Waals surface area contributed by atoms with Crippen LogP contribution in [0.15, 0.2) is 24.3 Å². The summed E-state index contributed by atoms with van der Waals surface area (Å²) in [5, 5.41) is 8.59. The Morgan fingerprint density at radius 1 is 1.20 bits per heavy atom. The summed E-state index contributed by atoms with van der Waals surface area (Å²) in [6.07, 6.45) is 4.20. The summed E-state index contributed by atoms with van der Waals surface area (Å²) in [5.74, 6) is 0.809. The van der Waals surface area contributed by atoms with E-state index in [9.17, 15) is 0 Å². The van der Waals surface area contributed by atoms with Crippen LogP contribution < -0.4 is 4.74 Å². The minimum Gasteiger partial charge on any atom is -0.491 e. The second-order valence-corrected chi connectivity index (χ2v) is 4.89. The minimum atomic E-state index is 0.258. The zero-order chi connectivity index (χ0) is 14.0. The van der Waals surface area contributed by atoms with E-state index in [1.54, 1.807) is 0 Å². The van der Waals surface area contributed by atoms with Crippen molar-refractivity contribution in [2.24, 2.45) is 0 Å². The van der Waals surface area contributed by atoms with Crippen LogP contribution in [0.2, 0.25) is 0 Å². The van der Waals surface area contributed by atoms with E-state index in [4.69, 9.17) is 19.5 Å². The summed E-state index contributed by atoms with van der Waals surface area (Å²) < 4.78 is 16.7. The third kappa shape index (κ3) is 5.20. The van der Waals surface area contributed by atoms with Gasteiger partial charge in [-0.2, -0.15) is 5.26 Å². The second-order valence-electron chi connectivity index (χ2n) is 4.89. The van der Waals surface area contributed by atoms with Crippen LogP contribution >= 0.6 is 0 Å². The number of benzene rings is 1. The van der Waals surface area contributed by atoms with Gasteiger partial charge < -0.3 is 14.2 Å². The van der Waals surface area contributed by atoms with Gasteiger partial charge in [0, 0.05) is 6.61 Å². The van der Waals surface area contributed by atoms with E-state index in [1.807, 2.05) is 24.3 Å². The smallest absolute Gasteiger partial charge is 0.119 e. The van der Waals surface area contributed by atoms with Crippen molar-refractivity contribution in [1.82, 2.24) is 0 Å². The largest absolute Gasteiger partial charge is 0.491 e. The zero-order valence-electron chi connectivity index (χ0n) is 11.7. The normalized spacial score (nSPS) is 18.4. The van der Waals surface area contributed by atoms with Gasteiger partial charge >= 0.3 is 0 Å². The van der Waals surface area contributed by atoms with E-state index in [0.717, 1.165) is 24.3 Å². The molecule has 4 nitrogen and oxygen atoms in total. The second kappa shape index (κ2) is 8.57. The lowest BCUT2D eigenvalue weighted by atomic mass is 10.1. The van der Waals surface area contributed by atoms with Crippen LogP contribution in [0.4, 0.5) is 0 Å².